The Balaban J connectivity index is 1.12. The van der Waals surface area contributed by atoms with Gasteiger partial charge in [0.05, 0.1) is 0 Å². The number of hydrogen-bond acceptors (Lipinski definition) is 4. The van der Waals surface area contributed by atoms with Crippen LogP contribution in [0.2, 0.25) is 0 Å². The molecule has 0 radical (unpaired) electrons. The molecule has 0 amide bonds. The standard InChI is InChI=1S/C45H31N3O/c1-3-12-28(13-4-1)43-46-44(29-14-5-2-6-15-29)48-45(47-43)37-20-11-21-41-42(37)39-27-31(23-25-40(39)49-41)30-22-24-36-34-18-8-7-16-32(34)33-17-9-10-19-35(33)38(36)26-30/h1-27,43,45,47H,(H,46,48). The zero-order valence-corrected chi connectivity index (χ0v) is 26.6. The highest BCUT2D eigenvalue weighted by atomic mass is 16.3. The minimum absolute atomic E-state index is 0.202. The molecule has 232 valence electrons. The molecule has 2 unspecified atom stereocenters. The largest absolute Gasteiger partial charge is 0.456 e. The van der Waals surface area contributed by atoms with Crippen molar-refractivity contribution in [3.63, 3.8) is 0 Å². The van der Waals surface area contributed by atoms with Crippen molar-refractivity contribution in [3.8, 4) is 11.1 Å². The van der Waals surface area contributed by atoms with Gasteiger partial charge in [0.25, 0.3) is 0 Å². The molecule has 0 fully saturated rings. The van der Waals surface area contributed by atoms with Crippen LogP contribution in [0.25, 0.3) is 65.4 Å². The molecule has 1 aliphatic heterocycles. The number of aliphatic imine (C=N–C) groups is 1. The molecule has 0 bridgehead atoms. The summed E-state index contributed by atoms with van der Waals surface area (Å²) >= 11 is 0. The van der Waals surface area contributed by atoms with Crippen molar-refractivity contribution in [1.29, 1.82) is 0 Å². The van der Waals surface area contributed by atoms with Gasteiger partial charge in [-0.1, -0.05) is 140 Å². The predicted octanol–water partition coefficient (Wildman–Crippen LogP) is 11.0. The average Bonchev–Trinajstić information content (AvgIpc) is 3.57. The monoisotopic (exact) mass is 629 g/mol. The van der Waals surface area contributed by atoms with Crippen molar-refractivity contribution in [1.82, 2.24) is 10.6 Å². The van der Waals surface area contributed by atoms with E-state index in [1.165, 1.54) is 37.9 Å². The van der Waals surface area contributed by atoms with E-state index in [2.05, 4.69) is 162 Å². The summed E-state index contributed by atoms with van der Waals surface area (Å²) in [6, 6.07) is 58.1. The SMILES string of the molecule is c1ccc(C2=NC(c3ccccc3)NC(c3cccc4oc5ccc(-c6ccc7c8ccccc8c8ccccc8c7c6)cc5c34)N2)cc1. The third kappa shape index (κ3) is 4.61. The smallest absolute Gasteiger partial charge is 0.135 e. The molecule has 4 heteroatoms. The van der Waals surface area contributed by atoms with Crippen molar-refractivity contribution < 1.29 is 4.42 Å². The van der Waals surface area contributed by atoms with Gasteiger partial charge in [0.1, 0.15) is 29.3 Å². The number of nitrogens with one attached hydrogen (secondary N) is 2. The molecular formula is C45H31N3O. The Kier molecular flexibility index (Phi) is 6.36. The summed E-state index contributed by atoms with van der Waals surface area (Å²) in [4.78, 5) is 5.12. The van der Waals surface area contributed by atoms with Gasteiger partial charge in [0.2, 0.25) is 0 Å². The fourth-order valence-corrected chi connectivity index (χ4v) is 7.63. The second-order valence-corrected chi connectivity index (χ2v) is 12.8. The molecule has 1 aliphatic rings. The highest BCUT2D eigenvalue weighted by Gasteiger charge is 2.28. The van der Waals surface area contributed by atoms with Crippen molar-refractivity contribution >= 4 is 60.1 Å². The number of benzene rings is 8. The van der Waals surface area contributed by atoms with Gasteiger partial charge in [0.15, 0.2) is 0 Å². The molecule has 2 N–H and O–H groups in total. The number of nitrogens with zero attached hydrogens (tertiary/aromatic N) is 1. The van der Waals surface area contributed by atoms with Crippen LogP contribution in [-0.2, 0) is 0 Å². The third-order valence-electron chi connectivity index (χ3n) is 9.94. The van der Waals surface area contributed by atoms with E-state index in [0.29, 0.717) is 0 Å². The van der Waals surface area contributed by atoms with Gasteiger partial charge in [-0.25, -0.2) is 4.99 Å². The first kappa shape index (κ1) is 27.8. The molecule has 4 nitrogen and oxygen atoms in total. The maximum absolute atomic E-state index is 6.49. The van der Waals surface area contributed by atoms with E-state index in [4.69, 9.17) is 9.41 Å². The van der Waals surface area contributed by atoms with Gasteiger partial charge in [0, 0.05) is 21.9 Å². The number of furan rings is 1. The summed E-state index contributed by atoms with van der Waals surface area (Å²) < 4.78 is 6.49. The Morgan fingerprint density at radius 2 is 1.04 bits per heavy atom. The molecule has 2 heterocycles. The van der Waals surface area contributed by atoms with E-state index in [9.17, 15) is 0 Å². The van der Waals surface area contributed by atoms with Crippen molar-refractivity contribution in [2.24, 2.45) is 4.99 Å². The number of hydrogen-bond donors (Lipinski definition) is 2. The fraction of sp³-hybridized carbons (Fsp3) is 0.0444. The molecule has 2 atom stereocenters. The summed E-state index contributed by atoms with van der Waals surface area (Å²) in [5, 5.41) is 17.4. The predicted molar refractivity (Wildman–Crippen MR) is 203 cm³/mol. The fourth-order valence-electron chi connectivity index (χ4n) is 7.63. The molecule has 1 aromatic heterocycles. The maximum Gasteiger partial charge on any atom is 0.135 e. The molecule has 0 saturated heterocycles. The lowest BCUT2D eigenvalue weighted by Gasteiger charge is -2.32. The second kappa shape index (κ2) is 11.2. The average molecular weight is 630 g/mol. The molecule has 0 spiro atoms. The van der Waals surface area contributed by atoms with Crippen LogP contribution < -0.4 is 10.6 Å². The third-order valence-corrected chi connectivity index (χ3v) is 9.94. The van der Waals surface area contributed by atoms with Crippen LogP contribution in [0.4, 0.5) is 0 Å². The number of fused-ring (bicyclic) bond motifs is 9. The summed E-state index contributed by atoms with van der Waals surface area (Å²) in [5.41, 5.74) is 7.36. The van der Waals surface area contributed by atoms with E-state index >= 15 is 0 Å². The lowest BCUT2D eigenvalue weighted by molar-refractivity contribution is 0.411. The first-order valence-electron chi connectivity index (χ1n) is 16.8. The molecule has 49 heavy (non-hydrogen) atoms. The highest BCUT2D eigenvalue weighted by Crippen LogP contribution is 2.40. The lowest BCUT2D eigenvalue weighted by atomic mass is 9.92. The Morgan fingerprint density at radius 3 is 1.76 bits per heavy atom. The molecule has 9 aromatic rings. The van der Waals surface area contributed by atoms with E-state index in [-0.39, 0.29) is 12.3 Å². The Hall–Kier alpha value is -6.23. The first-order valence-corrected chi connectivity index (χ1v) is 16.8. The molecule has 10 rings (SSSR count). The maximum atomic E-state index is 6.49. The van der Waals surface area contributed by atoms with Crippen LogP contribution in [-0.4, -0.2) is 5.84 Å². The van der Waals surface area contributed by atoms with Gasteiger partial charge >= 0.3 is 0 Å². The summed E-state index contributed by atoms with van der Waals surface area (Å²) in [7, 11) is 0. The summed E-state index contributed by atoms with van der Waals surface area (Å²) in [5.74, 6) is 0.861. The van der Waals surface area contributed by atoms with Crippen LogP contribution >= 0.6 is 0 Å². The van der Waals surface area contributed by atoms with Gasteiger partial charge in [-0.2, -0.15) is 0 Å². The van der Waals surface area contributed by atoms with Gasteiger partial charge < -0.3 is 9.73 Å². The first-order chi connectivity index (χ1) is 24.3. The highest BCUT2D eigenvalue weighted by molar-refractivity contribution is 6.25. The van der Waals surface area contributed by atoms with Crippen LogP contribution in [0.3, 0.4) is 0 Å². The Morgan fingerprint density at radius 1 is 0.449 bits per heavy atom. The number of amidine groups is 1. The van der Waals surface area contributed by atoms with Gasteiger partial charge in [-0.05, 0) is 73.3 Å². The van der Waals surface area contributed by atoms with Crippen LogP contribution in [0, 0.1) is 0 Å². The van der Waals surface area contributed by atoms with E-state index in [1.807, 2.05) is 12.1 Å². The summed E-state index contributed by atoms with van der Waals surface area (Å²) in [6.45, 7) is 0. The molecule has 0 saturated carbocycles. The Labute approximate surface area is 283 Å². The topological polar surface area (TPSA) is 49.6 Å². The number of rotatable bonds is 4. The minimum Gasteiger partial charge on any atom is -0.456 e. The summed E-state index contributed by atoms with van der Waals surface area (Å²) in [6.07, 6.45) is -0.415. The van der Waals surface area contributed by atoms with Crippen molar-refractivity contribution in [3.05, 3.63) is 180 Å². The zero-order valence-electron chi connectivity index (χ0n) is 26.6. The lowest BCUT2D eigenvalue weighted by Crippen LogP contribution is -2.45. The van der Waals surface area contributed by atoms with Crippen LogP contribution in [0.5, 0.6) is 0 Å². The van der Waals surface area contributed by atoms with Gasteiger partial charge in [-0.15, -0.1) is 0 Å². The van der Waals surface area contributed by atoms with Crippen LogP contribution in [0.15, 0.2) is 173 Å². The normalized spacial score (nSPS) is 16.4. The molecular weight excluding hydrogens is 599 g/mol. The van der Waals surface area contributed by atoms with Crippen molar-refractivity contribution in [2.45, 2.75) is 12.3 Å². The van der Waals surface area contributed by atoms with Gasteiger partial charge in [-0.3, -0.25) is 5.32 Å². The molecule has 8 aromatic carbocycles. The van der Waals surface area contributed by atoms with E-state index in [0.717, 1.165) is 50.0 Å². The van der Waals surface area contributed by atoms with Crippen LogP contribution in [0.1, 0.15) is 29.0 Å². The van der Waals surface area contributed by atoms with Crippen molar-refractivity contribution in [2.75, 3.05) is 0 Å². The van der Waals surface area contributed by atoms with E-state index in [1.54, 1.807) is 0 Å². The Bertz CT molecular complexity index is 2690. The second-order valence-electron chi connectivity index (χ2n) is 12.8. The van der Waals surface area contributed by atoms with E-state index < -0.39 is 0 Å². The zero-order chi connectivity index (χ0) is 32.3. The quantitative estimate of drug-likeness (QED) is 0.190. The minimum atomic E-state index is -0.213. The molecule has 0 aliphatic carbocycles.